The van der Waals surface area contributed by atoms with Crippen LogP contribution in [-0.4, -0.2) is 22.3 Å². The van der Waals surface area contributed by atoms with E-state index in [1.807, 2.05) is 24.3 Å². The maximum Gasteiger partial charge on any atom is 0.335 e. The molecule has 0 radical (unpaired) electrons. The zero-order chi connectivity index (χ0) is 18.9. The van der Waals surface area contributed by atoms with E-state index in [1.54, 1.807) is 37.3 Å². The zero-order valence-electron chi connectivity index (χ0n) is 14.7. The zero-order valence-corrected chi connectivity index (χ0v) is 14.7. The van der Waals surface area contributed by atoms with Crippen LogP contribution in [0, 0.1) is 0 Å². The van der Waals surface area contributed by atoms with E-state index in [9.17, 15) is 9.90 Å². The van der Waals surface area contributed by atoms with Gasteiger partial charge in [-0.15, -0.1) is 0 Å². The van der Waals surface area contributed by atoms with Crippen molar-refractivity contribution in [2.24, 2.45) is 0 Å². The number of rotatable bonds is 4. The average molecular weight is 346 g/mol. The Morgan fingerprint density at radius 1 is 0.962 bits per heavy atom. The summed E-state index contributed by atoms with van der Waals surface area (Å²) in [7, 11) is 0. The van der Waals surface area contributed by atoms with Gasteiger partial charge >= 0.3 is 5.97 Å². The van der Waals surface area contributed by atoms with E-state index in [0.717, 1.165) is 11.1 Å². The van der Waals surface area contributed by atoms with Gasteiger partial charge in [0.15, 0.2) is 0 Å². The van der Waals surface area contributed by atoms with Gasteiger partial charge in [0.25, 0.3) is 0 Å². The van der Waals surface area contributed by atoms with Gasteiger partial charge in [-0.25, -0.2) is 4.79 Å². The number of fused-ring (bicyclic) bond motifs is 1. The van der Waals surface area contributed by atoms with Gasteiger partial charge in [0, 0.05) is 0 Å². The lowest BCUT2D eigenvalue weighted by atomic mass is 10.1. The third kappa shape index (κ3) is 5.72. The number of carbonyl (C=O) groups is 1. The Kier molecular flexibility index (Phi) is 6.89. The Hall–Kier alpha value is -3.17. The minimum absolute atomic E-state index is 0.331. The summed E-state index contributed by atoms with van der Waals surface area (Å²) < 4.78 is 0. The molecular weight excluding hydrogens is 324 g/mol. The van der Waals surface area contributed by atoms with Crippen molar-refractivity contribution in [1.82, 2.24) is 0 Å². The first-order valence-electron chi connectivity index (χ1n) is 8.29. The number of aromatic carboxylic acids is 1. The molecular formula is C23H22O3. The van der Waals surface area contributed by atoms with Crippen molar-refractivity contribution in [2.45, 2.75) is 13.0 Å². The fourth-order valence-corrected chi connectivity index (χ4v) is 2.23. The van der Waals surface area contributed by atoms with Gasteiger partial charge in [0.1, 0.15) is 0 Å². The number of hydrogen-bond acceptors (Lipinski definition) is 2. The van der Waals surface area contributed by atoms with E-state index < -0.39 is 12.1 Å². The van der Waals surface area contributed by atoms with E-state index in [0.29, 0.717) is 5.56 Å². The lowest BCUT2D eigenvalue weighted by Crippen LogP contribution is -1.99. The molecule has 0 aliphatic heterocycles. The van der Waals surface area contributed by atoms with E-state index in [2.05, 4.69) is 36.9 Å². The summed E-state index contributed by atoms with van der Waals surface area (Å²) in [6.07, 6.45) is 3.34. The first kappa shape index (κ1) is 19.2. The topological polar surface area (TPSA) is 57.5 Å². The molecule has 3 heteroatoms. The summed E-state index contributed by atoms with van der Waals surface area (Å²) in [6.45, 7) is 5.51. The number of carboxylic acid groups (broad SMARTS) is 1. The predicted octanol–water partition coefficient (Wildman–Crippen LogP) is 5.17. The summed E-state index contributed by atoms with van der Waals surface area (Å²) in [5.74, 6) is -0.879. The Balaban J connectivity index is 0.000000228. The highest BCUT2D eigenvalue weighted by Crippen LogP contribution is 2.17. The van der Waals surface area contributed by atoms with Crippen LogP contribution in [0.4, 0.5) is 0 Å². The van der Waals surface area contributed by atoms with Gasteiger partial charge in [-0.1, -0.05) is 73.3 Å². The molecule has 0 spiro atoms. The normalized spacial score (nSPS) is 11.6. The van der Waals surface area contributed by atoms with Crippen molar-refractivity contribution in [2.75, 3.05) is 0 Å². The van der Waals surface area contributed by atoms with Gasteiger partial charge in [0.05, 0.1) is 11.7 Å². The van der Waals surface area contributed by atoms with E-state index in [-0.39, 0.29) is 0 Å². The largest absolute Gasteiger partial charge is 0.478 e. The molecule has 0 bridgehead atoms. The number of benzene rings is 3. The molecule has 2 N–H and O–H groups in total. The van der Waals surface area contributed by atoms with Crippen LogP contribution < -0.4 is 0 Å². The highest BCUT2D eigenvalue weighted by atomic mass is 16.4. The minimum atomic E-state index is -0.879. The Morgan fingerprint density at radius 2 is 1.58 bits per heavy atom. The quantitative estimate of drug-likeness (QED) is 0.640. The highest BCUT2D eigenvalue weighted by Gasteiger charge is 1.97. The first-order valence-corrected chi connectivity index (χ1v) is 8.29. The van der Waals surface area contributed by atoms with Crippen LogP contribution in [-0.2, 0) is 0 Å². The summed E-state index contributed by atoms with van der Waals surface area (Å²) in [6, 6.07) is 22.8. The lowest BCUT2D eigenvalue weighted by Gasteiger charge is -2.03. The van der Waals surface area contributed by atoms with E-state index >= 15 is 0 Å². The SMILES string of the molecule is C=C(C=Cc1ccc2ccccc2c1)C(C)O.O=C(O)c1ccccc1. The van der Waals surface area contributed by atoms with Crippen molar-refractivity contribution in [3.8, 4) is 0 Å². The maximum absolute atomic E-state index is 10.2. The molecule has 3 aromatic rings. The summed E-state index contributed by atoms with van der Waals surface area (Å²) in [5.41, 5.74) is 2.17. The predicted molar refractivity (Wildman–Crippen MR) is 107 cm³/mol. The molecule has 0 saturated heterocycles. The molecule has 3 nitrogen and oxygen atoms in total. The molecule has 0 aliphatic rings. The number of aliphatic hydroxyl groups excluding tert-OH is 1. The number of carboxylic acids is 1. The second-order valence-electron chi connectivity index (χ2n) is 5.86. The second-order valence-corrected chi connectivity index (χ2v) is 5.86. The Labute approximate surface area is 153 Å². The molecule has 26 heavy (non-hydrogen) atoms. The Bertz CT molecular complexity index is 909. The third-order valence-corrected chi connectivity index (χ3v) is 3.82. The highest BCUT2D eigenvalue weighted by molar-refractivity contribution is 5.87. The summed E-state index contributed by atoms with van der Waals surface area (Å²) >= 11 is 0. The molecule has 0 saturated carbocycles. The summed E-state index contributed by atoms with van der Waals surface area (Å²) in [5, 5.41) is 20.2. The third-order valence-electron chi connectivity index (χ3n) is 3.82. The molecule has 1 atom stereocenters. The van der Waals surface area contributed by atoms with Gasteiger partial charge < -0.3 is 10.2 Å². The van der Waals surface area contributed by atoms with Gasteiger partial charge in [-0.3, -0.25) is 0 Å². The molecule has 0 aromatic heterocycles. The van der Waals surface area contributed by atoms with Crippen LogP contribution in [0.1, 0.15) is 22.8 Å². The fraction of sp³-hybridized carbons (Fsp3) is 0.0870. The molecule has 0 fully saturated rings. The van der Waals surface area contributed by atoms with Gasteiger partial charge in [-0.2, -0.15) is 0 Å². The van der Waals surface area contributed by atoms with Crippen LogP contribution in [0.25, 0.3) is 16.8 Å². The molecule has 3 rings (SSSR count). The number of aliphatic hydroxyl groups is 1. The van der Waals surface area contributed by atoms with Crippen LogP contribution >= 0.6 is 0 Å². The maximum atomic E-state index is 10.2. The first-order chi connectivity index (χ1) is 12.5. The van der Waals surface area contributed by atoms with Crippen LogP contribution in [0.3, 0.4) is 0 Å². The Morgan fingerprint density at radius 3 is 2.15 bits per heavy atom. The monoisotopic (exact) mass is 346 g/mol. The smallest absolute Gasteiger partial charge is 0.335 e. The van der Waals surface area contributed by atoms with Crippen LogP contribution in [0.15, 0.2) is 91.0 Å². The van der Waals surface area contributed by atoms with E-state index in [4.69, 9.17) is 5.11 Å². The second kappa shape index (κ2) is 9.35. The fourth-order valence-electron chi connectivity index (χ4n) is 2.23. The average Bonchev–Trinajstić information content (AvgIpc) is 2.67. The van der Waals surface area contributed by atoms with Crippen LogP contribution in [0.5, 0.6) is 0 Å². The minimum Gasteiger partial charge on any atom is -0.478 e. The molecule has 0 amide bonds. The molecule has 1 unspecified atom stereocenters. The van der Waals surface area contributed by atoms with Gasteiger partial charge in [-0.05, 0) is 47.0 Å². The van der Waals surface area contributed by atoms with Crippen molar-refractivity contribution in [3.63, 3.8) is 0 Å². The van der Waals surface area contributed by atoms with Crippen molar-refractivity contribution in [3.05, 3.63) is 102 Å². The lowest BCUT2D eigenvalue weighted by molar-refractivity contribution is 0.0697. The summed E-state index contributed by atoms with van der Waals surface area (Å²) in [4.78, 5) is 10.2. The van der Waals surface area contributed by atoms with Crippen molar-refractivity contribution < 1.29 is 15.0 Å². The molecule has 132 valence electrons. The van der Waals surface area contributed by atoms with E-state index in [1.165, 1.54) is 10.8 Å². The molecule has 3 aromatic carbocycles. The number of hydrogen-bond donors (Lipinski definition) is 2. The van der Waals surface area contributed by atoms with Gasteiger partial charge in [0.2, 0.25) is 0 Å². The standard InChI is InChI=1S/C16H16O.C7H6O2/c1-12(13(2)17)7-8-14-9-10-15-5-3-4-6-16(15)11-14;8-7(9)6-4-2-1-3-5-6/h3-11,13,17H,1H2,2H3;1-5H,(H,8,9). The van der Waals surface area contributed by atoms with Crippen molar-refractivity contribution >= 4 is 22.8 Å². The van der Waals surface area contributed by atoms with Crippen LogP contribution in [0.2, 0.25) is 0 Å². The molecule has 0 heterocycles. The molecule has 0 aliphatic carbocycles. The van der Waals surface area contributed by atoms with Crippen molar-refractivity contribution in [1.29, 1.82) is 0 Å².